The highest BCUT2D eigenvalue weighted by Gasteiger charge is 2.08. The quantitative estimate of drug-likeness (QED) is 0.753. The van der Waals surface area contributed by atoms with Crippen LogP contribution in [0.4, 0.5) is 0 Å². The Morgan fingerprint density at radius 3 is 2.60 bits per heavy atom. The van der Waals surface area contributed by atoms with Gasteiger partial charge in [0.15, 0.2) is 0 Å². The van der Waals surface area contributed by atoms with Gasteiger partial charge in [0.25, 0.3) is 0 Å². The zero-order valence-corrected chi connectivity index (χ0v) is 8.74. The van der Waals surface area contributed by atoms with Crippen molar-refractivity contribution in [1.82, 2.24) is 4.98 Å². The van der Waals surface area contributed by atoms with Gasteiger partial charge in [0, 0.05) is 6.20 Å². The van der Waals surface area contributed by atoms with Crippen LogP contribution in [0.25, 0.3) is 0 Å². The van der Waals surface area contributed by atoms with Crippen molar-refractivity contribution in [3.05, 3.63) is 23.4 Å². The van der Waals surface area contributed by atoms with Gasteiger partial charge in [0.2, 0.25) is 0 Å². The number of carboxylic acid groups (broad SMARTS) is 2. The summed E-state index contributed by atoms with van der Waals surface area (Å²) in [5.41, 5.74) is 0.772. The first-order chi connectivity index (χ1) is 7.00. The molecule has 0 fully saturated rings. The molecule has 0 spiro atoms. The summed E-state index contributed by atoms with van der Waals surface area (Å²) in [7, 11) is 0. The Morgan fingerprint density at radius 1 is 1.47 bits per heavy atom. The lowest BCUT2D eigenvalue weighted by atomic mass is 10.2. The smallest absolute Gasteiger partial charge is 0.337 e. The van der Waals surface area contributed by atoms with Crippen LogP contribution in [0.2, 0.25) is 0 Å². The summed E-state index contributed by atoms with van der Waals surface area (Å²) in [6, 6.07) is 1.47. The van der Waals surface area contributed by atoms with E-state index in [2.05, 4.69) is 4.98 Å². The van der Waals surface area contributed by atoms with Crippen LogP contribution in [-0.2, 0) is 4.79 Å². The van der Waals surface area contributed by atoms with E-state index in [4.69, 9.17) is 10.2 Å². The van der Waals surface area contributed by atoms with Crippen molar-refractivity contribution in [2.75, 3.05) is 5.75 Å². The van der Waals surface area contributed by atoms with Crippen LogP contribution in [0.3, 0.4) is 0 Å². The number of aromatic nitrogens is 1. The molecule has 0 saturated carbocycles. The highest BCUT2D eigenvalue weighted by molar-refractivity contribution is 7.99. The van der Waals surface area contributed by atoms with Crippen LogP contribution >= 0.6 is 11.8 Å². The van der Waals surface area contributed by atoms with E-state index < -0.39 is 11.9 Å². The van der Waals surface area contributed by atoms with Crippen molar-refractivity contribution in [3.8, 4) is 0 Å². The predicted octanol–water partition coefficient (Wildman–Crippen LogP) is 1.26. The molecule has 80 valence electrons. The van der Waals surface area contributed by atoms with Crippen molar-refractivity contribution in [3.63, 3.8) is 0 Å². The molecule has 0 aliphatic carbocycles. The van der Waals surface area contributed by atoms with E-state index >= 15 is 0 Å². The van der Waals surface area contributed by atoms with Gasteiger partial charge in [-0.1, -0.05) is 11.8 Å². The van der Waals surface area contributed by atoms with Gasteiger partial charge in [-0.2, -0.15) is 0 Å². The Kier molecular flexibility index (Phi) is 3.68. The van der Waals surface area contributed by atoms with Gasteiger partial charge < -0.3 is 10.2 Å². The number of aryl methyl sites for hydroxylation is 1. The van der Waals surface area contributed by atoms with Crippen LogP contribution in [0.5, 0.6) is 0 Å². The molecule has 1 aromatic heterocycles. The Hall–Kier alpha value is -1.56. The SMILES string of the molecule is Cc1cc(C(=O)O)cnc1SCC(=O)O. The van der Waals surface area contributed by atoms with E-state index in [0.29, 0.717) is 10.6 Å². The number of hydrogen-bond donors (Lipinski definition) is 2. The van der Waals surface area contributed by atoms with Crippen LogP contribution in [-0.4, -0.2) is 32.9 Å². The number of rotatable bonds is 4. The largest absolute Gasteiger partial charge is 0.481 e. The normalized spacial score (nSPS) is 9.93. The molecule has 0 unspecified atom stereocenters. The fraction of sp³-hybridized carbons (Fsp3) is 0.222. The summed E-state index contributed by atoms with van der Waals surface area (Å²) in [5.74, 6) is -2.05. The summed E-state index contributed by atoms with van der Waals surface area (Å²) in [6.45, 7) is 1.70. The first-order valence-electron chi connectivity index (χ1n) is 4.05. The highest BCUT2D eigenvalue weighted by atomic mass is 32.2. The van der Waals surface area contributed by atoms with Gasteiger partial charge in [0.05, 0.1) is 16.3 Å². The number of carboxylic acids is 2. The minimum Gasteiger partial charge on any atom is -0.481 e. The van der Waals surface area contributed by atoms with Crippen molar-refractivity contribution in [1.29, 1.82) is 0 Å². The molecule has 0 amide bonds. The summed E-state index contributed by atoms with van der Waals surface area (Å²) in [5, 5.41) is 17.7. The van der Waals surface area contributed by atoms with E-state index in [9.17, 15) is 9.59 Å². The molecule has 6 heteroatoms. The molecule has 1 aromatic rings. The number of pyridine rings is 1. The Balaban J connectivity index is 2.83. The maximum Gasteiger partial charge on any atom is 0.337 e. The summed E-state index contributed by atoms with van der Waals surface area (Å²) >= 11 is 1.07. The average Bonchev–Trinajstić information content (AvgIpc) is 2.15. The molecule has 0 bridgehead atoms. The average molecular weight is 227 g/mol. The maximum absolute atomic E-state index is 10.6. The second kappa shape index (κ2) is 4.79. The molecule has 0 atom stereocenters. The topological polar surface area (TPSA) is 87.5 Å². The monoisotopic (exact) mass is 227 g/mol. The molecule has 0 radical (unpaired) electrons. The standard InChI is InChI=1S/C9H9NO4S/c1-5-2-6(9(13)14)3-10-8(5)15-4-7(11)12/h2-3H,4H2,1H3,(H,11,12)(H,13,14). The van der Waals surface area contributed by atoms with E-state index in [1.165, 1.54) is 12.3 Å². The van der Waals surface area contributed by atoms with E-state index in [0.717, 1.165) is 11.8 Å². The third-order valence-corrected chi connectivity index (χ3v) is 2.70. The van der Waals surface area contributed by atoms with Crippen LogP contribution in [0.1, 0.15) is 15.9 Å². The second-order valence-electron chi connectivity index (χ2n) is 2.83. The van der Waals surface area contributed by atoms with Crippen molar-refractivity contribution < 1.29 is 19.8 Å². The van der Waals surface area contributed by atoms with Crippen molar-refractivity contribution >= 4 is 23.7 Å². The summed E-state index contributed by atoms with van der Waals surface area (Å²) < 4.78 is 0. The van der Waals surface area contributed by atoms with Gasteiger partial charge in [-0.25, -0.2) is 9.78 Å². The van der Waals surface area contributed by atoms with Crippen LogP contribution in [0, 0.1) is 6.92 Å². The highest BCUT2D eigenvalue weighted by Crippen LogP contribution is 2.20. The first kappa shape index (κ1) is 11.5. The number of thioether (sulfide) groups is 1. The lowest BCUT2D eigenvalue weighted by Gasteiger charge is -2.03. The van der Waals surface area contributed by atoms with Gasteiger partial charge in [0.1, 0.15) is 0 Å². The minimum atomic E-state index is -1.04. The number of hydrogen-bond acceptors (Lipinski definition) is 4. The molecule has 0 aliphatic rings. The van der Waals surface area contributed by atoms with E-state index in [-0.39, 0.29) is 11.3 Å². The van der Waals surface area contributed by atoms with Crippen molar-refractivity contribution in [2.45, 2.75) is 11.9 Å². The van der Waals surface area contributed by atoms with Gasteiger partial charge in [-0.05, 0) is 18.6 Å². The van der Waals surface area contributed by atoms with Crippen LogP contribution in [0.15, 0.2) is 17.3 Å². The fourth-order valence-corrected chi connectivity index (χ4v) is 1.63. The lowest BCUT2D eigenvalue weighted by Crippen LogP contribution is -2.01. The molecule has 2 N–H and O–H groups in total. The molecule has 0 aliphatic heterocycles. The molecule has 0 aromatic carbocycles. The molecule has 1 heterocycles. The number of carbonyl (C=O) groups is 2. The molecule has 1 rings (SSSR count). The maximum atomic E-state index is 10.6. The zero-order valence-electron chi connectivity index (χ0n) is 7.93. The number of aliphatic carboxylic acids is 1. The van der Waals surface area contributed by atoms with E-state index in [1.54, 1.807) is 6.92 Å². The second-order valence-corrected chi connectivity index (χ2v) is 3.80. The Morgan fingerprint density at radius 2 is 2.13 bits per heavy atom. The molecule has 5 nitrogen and oxygen atoms in total. The molecule has 0 saturated heterocycles. The number of nitrogens with zero attached hydrogens (tertiary/aromatic N) is 1. The molecular weight excluding hydrogens is 218 g/mol. The summed E-state index contributed by atoms with van der Waals surface area (Å²) in [6.07, 6.45) is 1.22. The summed E-state index contributed by atoms with van der Waals surface area (Å²) in [4.78, 5) is 24.8. The number of aromatic carboxylic acids is 1. The third kappa shape index (κ3) is 3.25. The van der Waals surface area contributed by atoms with Crippen molar-refractivity contribution in [2.24, 2.45) is 0 Å². The van der Waals surface area contributed by atoms with E-state index in [1.807, 2.05) is 0 Å². The molecule has 15 heavy (non-hydrogen) atoms. The Labute approximate surface area is 90.1 Å². The predicted molar refractivity (Wildman–Crippen MR) is 54.3 cm³/mol. The van der Waals surface area contributed by atoms with Crippen LogP contribution < -0.4 is 0 Å². The van der Waals surface area contributed by atoms with Gasteiger partial charge >= 0.3 is 11.9 Å². The third-order valence-electron chi connectivity index (χ3n) is 1.61. The fourth-order valence-electron chi connectivity index (χ4n) is 0.960. The first-order valence-corrected chi connectivity index (χ1v) is 5.04. The Bertz CT molecular complexity index is 405. The zero-order chi connectivity index (χ0) is 11.4. The minimum absolute atomic E-state index is 0.0831. The van der Waals surface area contributed by atoms with Gasteiger partial charge in [-0.15, -0.1) is 0 Å². The van der Waals surface area contributed by atoms with Gasteiger partial charge in [-0.3, -0.25) is 4.79 Å². The molecular formula is C9H9NO4S. The lowest BCUT2D eigenvalue weighted by molar-refractivity contribution is -0.133.